The van der Waals surface area contributed by atoms with E-state index >= 15 is 0 Å². The third kappa shape index (κ3) is 3.19. The Hall–Kier alpha value is -1.02. The highest BCUT2D eigenvalue weighted by Gasteiger charge is 2.51. The molecule has 0 radical (unpaired) electrons. The zero-order valence-corrected chi connectivity index (χ0v) is 16.3. The van der Waals surface area contributed by atoms with Gasteiger partial charge in [0, 0.05) is 50.7 Å². The number of hydrogen-bond donors (Lipinski definition) is 0. The van der Waals surface area contributed by atoms with Gasteiger partial charge in [0.25, 0.3) is 0 Å². The number of morpholine rings is 1. The van der Waals surface area contributed by atoms with Crippen LogP contribution in [0, 0.1) is 12.8 Å². The Kier molecular flexibility index (Phi) is 4.31. The van der Waals surface area contributed by atoms with Gasteiger partial charge in [0.2, 0.25) is 5.91 Å². The third-order valence-electron chi connectivity index (χ3n) is 6.36. The maximum absolute atomic E-state index is 12.8. The number of aromatic nitrogens is 1. The molecule has 1 saturated carbocycles. The van der Waals surface area contributed by atoms with Gasteiger partial charge in [-0.15, -0.1) is 11.3 Å². The lowest BCUT2D eigenvalue weighted by Crippen LogP contribution is -2.73. The predicted octanol–water partition coefficient (Wildman–Crippen LogP) is 1.35. The van der Waals surface area contributed by atoms with E-state index in [1.165, 1.54) is 17.7 Å². The fourth-order valence-corrected chi connectivity index (χ4v) is 5.26. The zero-order valence-electron chi connectivity index (χ0n) is 15.5. The monoisotopic (exact) mass is 376 g/mol. The van der Waals surface area contributed by atoms with Crippen LogP contribution in [0.4, 0.5) is 0 Å². The minimum absolute atomic E-state index is 0.0562. The van der Waals surface area contributed by atoms with Crippen molar-refractivity contribution in [2.24, 2.45) is 5.92 Å². The zero-order chi connectivity index (χ0) is 17.7. The molecule has 1 amide bonds. The summed E-state index contributed by atoms with van der Waals surface area (Å²) in [5, 5.41) is 0. The Morgan fingerprint density at radius 3 is 2.77 bits per heavy atom. The van der Waals surface area contributed by atoms with Crippen LogP contribution >= 0.6 is 11.3 Å². The largest absolute Gasteiger partial charge is 0.369 e. The summed E-state index contributed by atoms with van der Waals surface area (Å²) in [6, 6.07) is -0.0562. The number of aryl methyl sites for hydroxylation is 1. The molecule has 1 aromatic rings. The Bertz CT molecular complexity index is 679. The lowest BCUT2D eigenvalue weighted by atomic mass is 9.89. The Morgan fingerprint density at radius 1 is 1.35 bits per heavy atom. The van der Waals surface area contributed by atoms with Gasteiger partial charge in [-0.05, 0) is 32.1 Å². The summed E-state index contributed by atoms with van der Waals surface area (Å²) < 4.78 is 6.32. The van der Waals surface area contributed by atoms with Gasteiger partial charge >= 0.3 is 0 Å². The molecule has 5 rings (SSSR count). The van der Waals surface area contributed by atoms with E-state index in [0.29, 0.717) is 12.5 Å². The van der Waals surface area contributed by atoms with E-state index in [9.17, 15) is 4.79 Å². The van der Waals surface area contributed by atoms with Crippen molar-refractivity contribution in [2.75, 3.05) is 45.9 Å². The summed E-state index contributed by atoms with van der Waals surface area (Å²) in [7, 11) is 0. The van der Waals surface area contributed by atoms with Crippen LogP contribution in [0.15, 0.2) is 5.51 Å². The Balaban J connectivity index is 1.22. The number of rotatable bonds is 5. The molecule has 0 aromatic carbocycles. The van der Waals surface area contributed by atoms with Gasteiger partial charge in [-0.25, -0.2) is 4.98 Å². The number of carbonyl (C=O) groups excluding carboxylic acids is 1. The average Bonchev–Trinajstić information content (AvgIpc) is 3.26. The molecule has 4 heterocycles. The summed E-state index contributed by atoms with van der Waals surface area (Å²) >= 11 is 1.74. The topological polar surface area (TPSA) is 48.9 Å². The van der Waals surface area contributed by atoms with E-state index in [-0.39, 0.29) is 11.6 Å². The molecule has 4 aliphatic rings. The van der Waals surface area contributed by atoms with Gasteiger partial charge in [0.1, 0.15) is 11.6 Å². The average molecular weight is 377 g/mol. The van der Waals surface area contributed by atoms with Crippen LogP contribution in [0.2, 0.25) is 0 Å². The summed E-state index contributed by atoms with van der Waals surface area (Å²) in [6.07, 6.45) is 3.80. The van der Waals surface area contributed by atoms with Gasteiger partial charge in [-0.2, -0.15) is 0 Å². The molecule has 4 fully saturated rings. The molecule has 1 spiro atoms. The van der Waals surface area contributed by atoms with E-state index in [0.717, 1.165) is 63.8 Å². The molecule has 0 bridgehead atoms. The van der Waals surface area contributed by atoms with E-state index in [1.807, 2.05) is 10.4 Å². The smallest absolute Gasteiger partial charge is 0.242 e. The highest BCUT2D eigenvalue weighted by Crippen LogP contribution is 2.37. The Morgan fingerprint density at radius 2 is 2.15 bits per heavy atom. The molecular weight excluding hydrogens is 348 g/mol. The second kappa shape index (κ2) is 6.55. The van der Waals surface area contributed by atoms with E-state index in [4.69, 9.17) is 4.74 Å². The van der Waals surface area contributed by atoms with Crippen LogP contribution in [-0.2, 0) is 16.1 Å². The van der Waals surface area contributed by atoms with Gasteiger partial charge in [0.05, 0.1) is 17.8 Å². The number of hydrogen-bond acceptors (Lipinski definition) is 6. The first-order chi connectivity index (χ1) is 12.6. The van der Waals surface area contributed by atoms with Gasteiger partial charge < -0.3 is 9.64 Å². The van der Waals surface area contributed by atoms with Crippen LogP contribution in [0.5, 0.6) is 0 Å². The number of likely N-dealkylation sites (tertiary alicyclic amines) is 2. The van der Waals surface area contributed by atoms with Gasteiger partial charge in [-0.1, -0.05) is 0 Å². The molecule has 1 aliphatic carbocycles. The van der Waals surface area contributed by atoms with E-state index in [2.05, 4.69) is 21.7 Å². The summed E-state index contributed by atoms with van der Waals surface area (Å²) in [6.45, 7) is 9.40. The van der Waals surface area contributed by atoms with Crippen molar-refractivity contribution in [1.82, 2.24) is 19.7 Å². The molecule has 1 atom stereocenters. The highest BCUT2D eigenvalue weighted by molar-refractivity contribution is 7.09. The standard InChI is InChI=1S/C19H28N4O2S/c1-14-17(26-13-20-14)8-21-10-19(11-21)12-23(7-15-3-4-15)16(9-25-19)18(24)22-5-2-6-22/h13,15-16H,2-12H2,1H3/t16-/m0/s1. The fourth-order valence-electron chi connectivity index (χ4n) is 4.44. The van der Waals surface area contributed by atoms with Crippen molar-refractivity contribution < 1.29 is 9.53 Å². The quantitative estimate of drug-likeness (QED) is 0.776. The van der Waals surface area contributed by atoms with E-state index in [1.54, 1.807) is 11.3 Å². The number of carbonyl (C=O) groups is 1. The number of ether oxygens (including phenoxy) is 1. The number of amides is 1. The number of nitrogens with zero attached hydrogens (tertiary/aromatic N) is 4. The van der Waals surface area contributed by atoms with Gasteiger partial charge in [0.15, 0.2) is 0 Å². The second-order valence-corrected chi connectivity index (χ2v) is 9.51. The predicted molar refractivity (Wildman–Crippen MR) is 100 cm³/mol. The molecule has 6 nitrogen and oxygen atoms in total. The molecular formula is C19H28N4O2S. The van der Waals surface area contributed by atoms with Crippen molar-refractivity contribution in [3.05, 3.63) is 16.1 Å². The minimum Gasteiger partial charge on any atom is -0.369 e. The molecule has 142 valence electrons. The SMILES string of the molecule is Cc1ncsc1CN1CC2(C1)CN(CC1CC1)[C@H](C(=O)N1CCC1)CO2. The highest BCUT2D eigenvalue weighted by atomic mass is 32.1. The van der Waals surface area contributed by atoms with Crippen LogP contribution in [-0.4, -0.2) is 83.1 Å². The van der Waals surface area contributed by atoms with Crippen molar-refractivity contribution >= 4 is 17.2 Å². The first-order valence-corrected chi connectivity index (χ1v) is 10.8. The van der Waals surface area contributed by atoms with Crippen LogP contribution in [0.25, 0.3) is 0 Å². The normalized spacial score (nSPS) is 28.8. The van der Waals surface area contributed by atoms with E-state index < -0.39 is 0 Å². The molecule has 3 saturated heterocycles. The van der Waals surface area contributed by atoms with Crippen molar-refractivity contribution in [3.63, 3.8) is 0 Å². The van der Waals surface area contributed by atoms with Crippen molar-refractivity contribution in [1.29, 1.82) is 0 Å². The first-order valence-electron chi connectivity index (χ1n) is 9.90. The molecule has 0 unspecified atom stereocenters. The van der Waals surface area contributed by atoms with Crippen LogP contribution < -0.4 is 0 Å². The summed E-state index contributed by atoms with van der Waals surface area (Å²) in [5.74, 6) is 1.09. The lowest BCUT2D eigenvalue weighted by molar-refractivity contribution is -0.206. The maximum Gasteiger partial charge on any atom is 0.242 e. The fraction of sp³-hybridized carbons (Fsp3) is 0.789. The van der Waals surface area contributed by atoms with Crippen LogP contribution in [0.3, 0.4) is 0 Å². The summed E-state index contributed by atoms with van der Waals surface area (Å²) in [5.41, 5.74) is 3.01. The van der Waals surface area contributed by atoms with Gasteiger partial charge in [-0.3, -0.25) is 14.6 Å². The second-order valence-electron chi connectivity index (χ2n) is 8.57. The van der Waals surface area contributed by atoms with Crippen molar-refractivity contribution in [2.45, 2.75) is 44.4 Å². The molecule has 3 aliphatic heterocycles. The molecule has 0 N–H and O–H groups in total. The van der Waals surface area contributed by atoms with Crippen LogP contribution in [0.1, 0.15) is 29.8 Å². The third-order valence-corrected chi connectivity index (χ3v) is 7.28. The maximum atomic E-state index is 12.8. The number of thiazole rings is 1. The Labute approximate surface area is 159 Å². The lowest BCUT2D eigenvalue weighted by Gasteiger charge is -2.56. The first kappa shape index (κ1) is 17.1. The molecule has 1 aromatic heterocycles. The summed E-state index contributed by atoms with van der Waals surface area (Å²) in [4.78, 5) is 25.4. The molecule has 7 heteroatoms. The molecule has 26 heavy (non-hydrogen) atoms. The minimum atomic E-state index is -0.0702. The van der Waals surface area contributed by atoms with Crippen molar-refractivity contribution in [3.8, 4) is 0 Å².